The minimum Gasteiger partial charge on any atom is -0.490 e. The van der Waals surface area contributed by atoms with Crippen molar-refractivity contribution in [2.75, 3.05) is 19.8 Å². The molecule has 2 rings (SSSR count). The number of ether oxygens (including phenoxy) is 2. The van der Waals surface area contributed by atoms with Gasteiger partial charge in [-0.15, -0.1) is 0 Å². The molecule has 0 aliphatic rings. The summed E-state index contributed by atoms with van der Waals surface area (Å²) in [4.78, 5) is 0. The summed E-state index contributed by atoms with van der Waals surface area (Å²) in [5.41, 5.74) is 1.13. The van der Waals surface area contributed by atoms with E-state index in [-0.39, 0.29) is 5.82 Å². The molecule has 0 spiro atoms. The topological polar surface area (TPSA) is 30.5 Å². The Labute approximate surface area is 124 Å². The van der Waals surface area contributed by atoms with E-state index in [4.69, 9.17) is 9.47 Å². The van der Waals surface area contributed by atoms with Crippen LogP contribution in [0.3, 0.4) is 0 Å². The van der Waals surface area contributed by atoms with Crippen molar-refractivity contribution in [1.82, 2.24) is 5.32 Å². The Morgan fingerprint density at radius 2 is 1.67 bits per heavy atom. The van der Waals surface area contributed by atoms with E-state index in [1.54, 1.807) is 12.1 Å². The quantitative estimate of drug-likeness (QED) is 0.756. The minimum atomic E-state index is -0.268. The molecule has 0 amide bonds. The van der Waals surface area contributed by atoms with Gasteiger partial charge in [-0.2, -0.15) is 0 Å². The molecular weight excluding hydrogens is 269 g/mol. The summed E-state index contributed by atoms with van der Waals surface area (Å²) in [5, 5.41) is 3.28. The molecule has 0 aromatic heterocycles. The first kappa shape index (κ1) is 15.3. The molecule has 0 unspecified atom stereocenters. The lowest BCUT2D eigenvalue weighted by atomic mass is 10.2. The molecule has 2 aromatic carbocycles. The normalized spacial score (nSPS) is 10.4. The van der Waals surface area contributed by atoms with Crippen LogP contribution in [0.1, 0.15) is 12.5 Å². The van der Waals surface area contributed by atoms with Gasteiger partial charge >= 0.3 is 0 Å². The summed E-state index contributed by atoms with van der Waals surface area (Å²) in [5.74, 6) is 1.23. The summed E-state index contributed by atoms with van der Waals surface area (Å²) in [7, 11) is 0. The lowest BCUT2D eigenvalue weighted by molar-refractivity contribution is 0.215. The first-order valence-electron chi connectivity index (χ1n) is 7.09. The number of rotatable bonds is 8. The Hall–Kier alpha value is -2.07. The molecule has 112 valence electrons. The van der Waals surface area contributed by atoms with Crippen molar-refractivity contribution >= 4 is 0 Å². The molecule has 21 heavy (non-hydrogen) atoms. The van der Waals surface area contributed by atoms with Crippen molar-refractivity contribution in [1.29, 1.82) is 0 Å². The van der Waals surface area contributed by atoms with Gasteiger partial charge in [0.25, 0.3) is 0 Å². The fourth-order valence-electron chi connectivity index (χ4n) is 1.89. The van der Waals surface area contributed by atoms with E-state index in [2.05, 4.69) is 12.2 Å². The van der Waals surface area contributed by atoms with Crippen LogP contribution in [0.2, 0.25) is 0 Å². The van der Waals surface area contributed by atoms with Crippen LogP contribution in [-0.2, 0) is 6.54 Å². The highest BCUT2D eigenvalue weighted by molar-refractivity contribution is 5.33. The molecule has 0 fully saturated rings. The monoisotopic (exact) mass is 289 g/mol. The zero-order valence-corrected chi connectivity index (χ0v) is 12.1. The second-order valence-electron chi connectivity index (χ2n) is 4.54. The van der Waals surface area contributed by atoms with Crippen LogP contribution in [0.4, 0.5) is 4.39 Å². The van der Waals surface area contributed by atoms with Crippen molar-refractivity contribution in [3.63, 3.8) is 0 Å². The zero-order valence-electron chi connectivity index (χ0n) is 12.1. The molecule has 0 aliphatic carbocycles. The lowest BCUT2D eigenvalue weighted by Crippen LogP contribution is -2.14. The maximum Gasteiger partial charge on any atom is 0.123 e. The molecule has 0 aliphatic heterocycles. The SMILES string of the molecule is CCNCc1ccccc1OCCOc1ccc(F)cc1. The zero-order chi connectivity index (χ0) is 14.9. The Morgan fingerprint density at radius 1 is 0.952 bits per heavy atom. The van der Waals surface area contributed by atoms with E-state index in [0.29, 0.717) is 19.0 Å². The summed E-state index contributed by atoms with van der Waals surface area (Å²) in [6.45, 7) is 4.63. The van der Waals surface area contributed by atoms with Gasteiger partial charge in [-0.25, -0.2) is 4.39 Å². The predicted molar refractivity (Wildman–Crippen MR) is 81.2 cm³/mol. The average molecular weight is 289 g/mol. The third kappa shape index (κ3) is 5.08. The molecule has 0 saturated heterocycles. The number of hydrogen-bond donors (Lipinski definition) is 1. The molecular formula is C17H20FNO2. The fraction of sp³-hybridized carbons (Fsp3) is 0.294. The van der Waals surface area contributed by atoms with E-state index in [9.17, 15) is 4.39 Å². The van der Waals surface area contributed by atoms with Gasteiger partial charge in [0.05, 0.1) is 0 Å². The Bertz CT molecular complexity index is 543. The summed E-state index contributed by atoms with van der Waals surface area (Å²) in [6, 6.07) is 13.9. The molecule has 0 saturated carbocycles. The van der Waals surface area contributed by atoms with Crippen LogP contribution in [-0.4, -0.2) is 19.8 Å². The van der Waals surface area contributed by atoms with Gasteiger partial charge in [-0.05, 0) is 36.9 Å². The summed E-state index contributed by atoms with van der Waals surface area (Å²) in [6.07, 6.45) is 0. The number of hydrogen-bond acceptors (Lipinski definition) is 3. The largest absolute Gasteiger partial charge is 0.490 e. The van der Waals surface area contributed by atoms with E-state index >= 15 is 0 Å². The van der Waals surface area contributed by atoms with Crippen molar-refractivity contribution < 1.29 is 13.9 Å². The minimum absolute atomic E-state index is 0.268. The van der Waals surface area contributed by atoms with Gasteiger partial charge < -0.3 is 14.8 Å². The smallest absolute Gasteiger partial charge is 0.123 e. The van der Waals surface area contributed by atoms with Gasteiger partial charge in [-0.1, -0.05) is 25.1 Å². The summed E-state index contributed by atoms with van der Waals surface area (Å²) < 4.78 is 24.0. The number of benzene rings is 2. The first-order chi connectivity index (χ1) is 10.3. The molecule has 0 radical (unpaired) electrons. The van der Waals surface area contributed by atoms with Crippen LogP contribution < -0.4 is 14.8 Å². The number of halogens is 1. The molecule has 0 heterocycles. The van der Waals surface area contributed by atoms with Gasteiger partial charge in [0.1, 0.15) is 30.5 Å². The van der Waals surface area contributed by atoms with Crippen molar-refractivity contribution in [2.45, 2.75) is 13.5 Å². The van der Waals surface area contributed by atoms with E-state index in [1.807, 2.05) is 24.3 Å². The van der Waals surface area contributed by atoms with Gasteiger partial charge in [0, 0.05) is 12.1 Å². The molecule has 0 bridgehead atoms. The Balaban J connectivity index is 1.79. The Morgan fingerprint density at radius 3 is 2.43 bits per heavy atom. The predicted octanol–water partition coefficient (Wildman–Crippen LogP) is 3.39. The molecule has 2 aromatic rings. The Kier molecular flexibility index (Phi) is 6.03. The molecule has 1 N–H and O–H groups in total. The molecule has 0 atom stereocenters. The summed E-state index contributed by atoms with van der Waals surface area (Å²) >= 11 is 0. The highest BCUT2D eigenvalue weighted by atomic mass is 19.1. The highest BCUT2D eigenvalue weighted by Gasteiger charge is 2.02. The van der Waals surface area contributed by atoms with Crippen molar-refractivity contribution in [2.24, 2.45) is 0 Å². The number of para-hydroxylation sites is 1. The van der Waals surface area contributed by atoms with Gasteiger partial charge in [0.15, 0.2) is 0 Å². The molecule has 4 heteroatoms. The van der Waals surface area contributed by atoms with Crippen LogP contribution >= 0.6 is 0 Å². The molecule has 3 nitrogen and oxygen atoms in total. The van der Waals surface area contributed by atoms with Crippen LogP contribution in [0, 0.1) is 5.82 Å². The standard InChI is InChI=1S/C17H20FNO2/c1-2-19-13-14-5-3-4-6-17(14)21-12-11-20-16-9-7-15(18)8-10-16/h3-10,19H,2,11-13H2,1H3. The highest BCUT2D eigenvalue weighted by Crippen LogP contribution is 2.17. The van der Waals surface area contributed by atoms with Crippen LogP contribution in [0.5, 0.6) is 11.5 Å². The van der Waals surface area contributed by atoms with Crippen molar-refractivity contribution in [3.05, 3.63) is 59.9 Å². The maximum absolute atomic E-state index is 12.8. The average Bonchev–Trinajstić information content (AvgIpc) is 2.52. The number of nitrogens with one attached hydrogen (secondary N) is 1. The van der Waals surface area contributed by atoms with Crippen LogP contribution in [0.15, 0.2) is 48.5 Å². The van der Waals surface area contributed by atoms with Gasteiger partial charge in [0.2, 0.25) is 0 Å². The second kappa shape index (κ2) is 8.27. The second-order valence-corrected chi connectivity index (χ2v) is 4.54. The first-order valence-corrected chi connectivity index (χ1v) is 7.09. The van der Waals surface area contributed by atoms with Gasteiger partial charge in [-0.3, -0.25) is 0 Å². The van der Waals surface area contributed by atoms with Crippen LogP contribution in [0.25, 0.3) is 0 Å². The fourth-order valence-corrected chi connectivity index (χ4v) is 1.89. The van der Waals surface area contributed by atoms with E-state index < -0.39 is 0 Å². The van der Waals surface area contributed by atoms with E-state index in [1.165, 1.54) is 12.1 Å². The lowest BCUT2D eigenvalue weighted by Gasteiger charge is -2.12. The third-order valence-electron chi connectivity index (χ3n) is 2.96. The van der Waals surface area contributed by atoms with Crippen molar-refractivity contribution in [3.8, 4) is 11.5 Å². The maximum atomic E-state index is 12.8. The third-order valence-corrected chi connectivity index (χ3v) is 2.96. The van der Waals surface area contributed by atoms with E-state index in [0.717, 1.165) is 24.4 Å².